The highest BCUT2D eigenvalue weighted by Gasteiger charge is 1.98. The topological polar surface area (TPSA) is 49.9 Å². The molecule has 1 N–H and O–H groups in total. The van der Waals surface area contributed by atoms with Crippen LogP contribution in [0.5, 0.6) is 0 Å². The lowest BCUT2D eigenvalue weighted by Gasteiger charge is -1.97. The Morgan fingerprint density at radius 2 is 2.36 bits per heavy atom. The zero-order valence-corrected chi connectivity index (χ0v) is 6.26. The van der Waals surface area contributed by atoms with Crippen molar-refractivity contribution < 1.29 is 4.79 Å². The molecule has 3 nitrogen and oxygen atoms in total. The van der Waals surface area contributed by atoms with E-state index in [2.05, 4.69) is 4.98 Å². The van der Waals surface area contributed by atoms with Gasteiger partial charge in [0, 0.05) is 17.8 Å². The Morgan fingerprint density at radius 3 is 2.91 bits per heavy atom. The van der Waals surface area contributed by atoms with Crippen molar-refractivity contribution in [3.63, 3.8) is 0 Å². The first-order valence-corrected chi connectivity index (χ1v) is 3.44. The fraction of sp³-hybridized carbons (Fsp3) is 0.250. The molecule has 0 bridgehead atoms. The number of rotatable bonds is 2. The van der Waals surface area contributed by atoms with Gasteiger partial charge >= 0.3 is 0 Å². The zero-order valence-electron chi connectivity index (χ0n) is 6.26. The van der Waals surface area contributed by atoms with Crippen LogP contribution in [-0.2, 0) is 6.42 Å². The maximum absolute atomic E-state index is 10.7. The van der Waals surface area contributed by atoms with Crippen LogP contribution < -0.4 is 5.56 Å². The van der Waals surface area contributed by atoms with Gasteiger partial charge in [0.05, 0.1) is 0 Å². The number of H-pyrrole nitrogens is 1. The summed E-state index contributed by atoms with van der Waals surface area (Å²) in [5.74, 6) is 0. The number of aryl methyl sites for hydroxylation is 1. The number of pyridine rings is 1. The van der Waals surface area contributed by atoms with Gasteiger partial charge in [-0.2, -0.15) is 0 Å². The lowest BCUT2D eigenvalue weighted by molar-refractivity contribution is 0.112. The third kappa shape index (κ3) is 1.55. The Balaban J connectivity index is 3.27. The third-order valence-corrected chi connectivity index (χ3v) is 1.55. The number of aromatic nitrogens is 1. The Morgan fingerprint density at radius 1 is 1.64 bits per heavy atom. The summed E-state index contributed by atoms with van der Waals surface area (Å²) in [6.45, 7) is 1.93. The number of aldehydes is 1. The first kappa shape index (κ1) is 7.72. The first-order valence-electron chi connectivity index (χ1n) is 3.44. The van der Waals surface area contributed by atoms with Crippen LogP contribution in [0.4, 0.5) is 0 Å². The number of hydrogen-bond acceptors (Lipinski definition) is 2. The lowest BCUT2D eigenvalue weighted by Crippen LogP contribution is -2.07. The molecule has 0 saturated heterocycles. The van der Waals surface area contributed by atoms with Gasteiger partial charge in [0.1, 0.15) is 0 Å². The molecule has 0 aliphatic rings. The SMILES string of the molecule is CCc1c[nH]c(=O)cc1C=O. The minimum Gasteiger partial charge on any atom is -0.329 e. The summed E-state index contributed by atoms with van der Waals surface area (Å²) >= 11 is 0. The molecule has 58 valence electrons. The van der Waals surface area contributed by atoms with Crippen LogP contribution in [0, 0.1) is 0 Å². The minimum absolute atomic E-state index is 0.232. The highest BCUT2D eigenvalue weighted by atomic mass is 16.1. The highest BCUT2D eigenvalue weighted by Crippen LogP contribution is 2.01. The highest BCUT2D eigenvalue weighted by molar-refractivity contribution is 5.76. The predicted molar refractivity (Wildman–Crippen MR) is 41.8 cm³/mol. The molecule has 0 aliphatic carbocycles. The van der Waals surface area contributed by atoms with Crippen molar-refractivity contribution in [3.8, 4) is 0 Å². The van der Waals surface area contributed by atoms with Gasteiger partial charge in [-0.15, -0.1) is 0 Å². The van der Waals surface area contributed by atoms with E-state index in [1.807, 2.05) is 6.92 Å². The molecule has 1 aromatic heterocycles. The molecule has 0 fully saturated rings. The van der Waals surface area contributed by atoms with Crippen LogP contribution in [0.25, 0.3) is 0 Å². The molecular weight excluding hydrogens is 142 g/mol. The van der Waals surface area contributed by atoms with E-state index >= 15 is 0 Å². The van der Waals surface area contributed by atoms with Crippen molar-refractivity contribution in [3.05, 3.63) is 33.7 Å². The van der Waals surface area contributed by atoms with Crippen molar-refractivity contribution in [2.24, 2.45) is 0 Å². The number of hydrogen-bond donors (Lipinski definition) is 1. The van der Waals surface area contributed by atoms with Gasteiger partial charge in [-0.25, -0.2) is 0 Å². The molecule has 1 rings (SSSR count). The summed E-state index contributed by atoms with van der Waals surface area (Å²) in [6, 6.07) is 1.31. The quantitative estimate of drug-likeness (QED) is 0.634. The summed E-state index contributed by atoms with van der Waals surface area (Å²) in [7, 11) is 0. The number of aromatic amines is 1. The van der Waals surface area contributed by atoms with Gasteiger partial charge in [0.25, 0.3) is 0 Å². The molecule has 0 amide bonds. The van der Waals surface area contributed by atoms with E-state index < -0.39 is 0 Å². The molecular formula is C8H9NO2. The van der Waals surface area contributed by atoms with Crippen LogP contribution in [0.2, 0.25) is 0 Å². The van der Waals surface area contributed by atoms with Crippen LogP contribution in [0.1, 0.15) is 22.8 Å². The Hall–Kier alpha value is -1.38. The maximum atomic E-state index is 10.7. The van der Waals surface area contributed by atoms with Crippen molar-refractivity contribution in [1.29, 1.82) is 0 Å². The second kappa shape index (κ2) is 3.14. The Kier molecular flexibility index (Phi) is 2.21. The van der Waals surface area contributed by atoms with Crippen LogP contribution >= 0.6 is 0 Å². The van der Waals surface area contributed by atoms with Gasteiger partial charge < -0.3 is 4.98 Å². The van der Waals surface area contributed by atoms with E-state index in [4.69, 9.17) is 0 Å². The zero-order chi connectivity index (χ0) is 8.27. The van der Waals surface area contributed by atoms with Crippen LogP contribution in [0.3, 0.4) is 0 Å². The molecule has 1 aromatic rings. The molecule has 3 heteroatoms. The number of nitrogens with one attached hydrogen (secondary N) is 1. The summed E-state index contributed by atoms with van der Waals surface area (Å²) in [5, 5.41) is 0. The van der Waals surface area contributed by atoms with Gasteiger partial charge in [0.2, 0.25) is 5.56 Å². The van der Waals surface area contributed by atoms with Crippen LogP contribution in [-0.4, -0.2) is 11.3 Å². The van der Waals surface area contributed by atoms with E-state index in [0.717, 1.165) is 12.0 Å². The fourth-order valence-corrected chi connectivity index (χ4v) is 0.933. The normalized spacial score (nSPS) is 9.55. The predicted octanol–water partition coefficient (Wildman–Crippen LogP) is 0.750. The average Bonchev–Trinajstić information content (AvgIpc) is 2.04. The summed E-state index contributed by atoms with van der Waals surface area (Å²) in [6.07, 6.45) is 3.03. The maximum Gasteiger partial charge on any atom is 0.248 e. The van der Waals surface area contributed by atoms with E-state index in [9.17, 15) is 9.59 Å². The number of carbonyl (C=O) groups excluding carboxylic acids is 1. The smallest absolute Gasteiger partial charge is 0.248 e. The van der Waals surface area contributed by atoms with E-state index in [0.29, 0.717) is 11.8 Å². The summed E-state index contributed by atoms with van der Waals surface area (Å²) in [4.78, 5) is 23.6. The molecule has 0 aliphatic heterocycles. The molecule has 0 saturated carbocycles. The van der Waals surface area contributed by atoms with Crippen molar-refractivity contribution in [2.75, 3.05) is 0 Å². The minimum atomic E-state index is -0.232. The van der Waals surface area contributed by atoms with Crippen molar-refractivity contribution in [1.82, 2.24) is 4.98 Å². The monoisotopic (exact) mass is 151 g/mol. The van der Waals surface area contributed by atoms with E-state index in [-0.39, 0.29) is 5.56 Å². The van der Waals surface area contributed by atoms with E-state index in [1.54, 1.807) is 6.20 Å². The van der Waals surface area contributed by atoms with Gasteiger partial charge in [-0.1, -0.05) is 6.92 Å². The third-order valence-electron chi connectivity index (χ3n) is 1.55. The molecule has 1 heterocycles. The summed E-state index contributed by atoms with van der Waals surface area (Å²) in [5.41, 5.74) is 1.13. The second-order valence-electron chi connectivity index (χ2n) is 2.25. The standard InChI is InChI=1S/C8H9NO2/c1-2-6-4-9-8(11)3-7(6)5-10/h3-5H,2H2,1H3,(H,9,11). The van der Waals surface area contributed by atoms with E-state index in [1.165, 1.54) is 6.07 Å². The largest absolute Gasteiger partial charge is 0.329 e. The Labute approximate surface area is 64.1 Å². The van der Waals surface area contributed by atoms with Crippen molar-refractivity contribution >= 4 is 6.29 Å². The molecule has 0 radical (unpaired) electrons. The molecule has 0 aromatic carbocycles. The van der Waals surface area contributed by atoms with Crippen LogP contribution in [0.15, 0.2) is 17.1 Å². The van der Waals surface area contributed by atoms with Gasteiger partial charge in [-0.05, 0) is 12.0 Å². The molecule has 11 heavy (non-hydrogen) atoms. The number of carbonyl (C=O) groups is 1. The second-order valence-corrected chi connectivity index (χ2v) is 2.25. The fourth-order valence-electron chi connectivity index (χ4n) is 0.933. The average molecular weight is 151 g/mol. The molecule has 0 unspecified atom stereocenters. The first-order chi connectivity index (χ1) is 5.27. The van der Waals surface area contributed by atoms with Gasteiger partial charge in [0.15, 0.2) is 6.29 Å². The van der Waals surface area contributed by atoms with Gasteiger partial charge in [-0.3, -0.25) is 9.59 Å². The molecule has 0 spiro atoms. The lowest BCUT2D eigenvalue weighted by atomic mass is 10.1. The Bertz CT molecular complexity index is 314. The molecule has 0 atom stereocenters. The van der Waals surface area contributed by atoms with Crippen molar-refractivity contribution in [2.45, 2.75) is 13.3 Å². The summed E-state index contributed by atoms with van der Waals surface area (Å²) < 4.78 is 0.